The van der Waals surface area contributed by atoms with Crippen molar-refractivity contribution in [3.63, 3.8) is 0 Å². The summed E-state index contributed by atoms with van der Waals surface area (Å²) in [6, 6.07) is 17.7. The van der Waals surface area contributed by atoms with Crippen molar-refractivity contribution >= 4 is 61.5 Å². The van der Waals surface area contributed by atoms with Crippen LogP contribution in [0, 0.1) is 6.92 Å². The Kier molecular flexibility index (Phi) is 10.2. The minimum absolute atomic E-state index is 0.172. The van der Waals surface area contributed by atoms with Gasteiger partial charge in [-0.25, -0.2) is 5.43 Å². The fraction of sp³-hybridized carbons (Fsp3) is 0.154. The number of ether oxygens (including phenoxy) is 2. The van der Waals surface area contributed by atoms with Gasteiger partial charge in [0, 0.05) is 26.7 Å². The fourth-order valence-corrected chi connectivity index (χ4v) is 3.66. The molecule has 0 aliphatic heterocycles. The van der Waals surface area contributed by atoms with Gasteiger partial charge in [0.15, 0.2) is 6.61 Å². The number of benzene rings is 3. The highest BCUT2D eigenvalue weighted by atomic mass is 79.9. The van der Waals surface area contributed by atoms with Crippen LogP contribution in [0.2, 0.25) is 0 Å². The summed E-state index contributed by atoms with van der Waals surface area (Å²) in [5, 5.41) is 9.14. The number of hydrogen-bond acceptors (Lipinski definition) is 6. The monoisotopic (exact) mass is 630 g/mol. The highest BCUT2D eigenvalue weighted by molar-refractivity contribution is 9.10. The molecule has 9 nitrogen and oxygen atoms in total. The molecule has 0 heterocycles. The zero-order valence-electron chi connectivity index (χ0n) is 20.0. The molecule has 0 atom stereocenters. The Hall–Kier alpha value is -3.70. The molecule has 0 saturated heterocycles. The van der Waals surface area contributed by atoms with E-state index in [1.54, 1.807) is 55.6 Å². The SMILES string of the molecule is COc1ccc(CNC(=O)C(=O)N/N=C\c2cc(Br)ccc2OCC(=O)Nc2ccc(Br)c(C)c2)cc1. The number of carbonyl (C=O) groups is 3. The zero-order chi connectivity index (χ0) is 26.8. The molecule has 0 fully saturated rings. The summed E-state index contributed by atoms with van der Waals surface area (Å²) in [5.74, 6) is -1.04. The topological polar surface area (TPSA) is 118 Å². The average molecular weight is 632 g/mol. The van der Waals surface area contributed by atoms with Crippen LogP contribution < -0.4 is 25.5 Å². The molecule has 192 valence electrons. The zero-order valence-corrected chi connectivity index (χ0v) is 23.2. The highest BCUT2D eigenvalue weighted by Gasteiger charge is 2.13. The number of rotatable bonds is 9. The second-order valence-corrected chi connectivity index (χ2v) is 9.48. The quantitative estimate of drug-likeness (QED) is 0.185. The van der Waals surface area contributed by atoms with Gasteiger partial charge < -0.3 is 20.1 Å². The van der Waals surface area contributed by atoms with Crippen LogP contribution in [0.1, 0.15) is 16.7 Å². The van der Waals surface area contributed by atoms with Gasteiger partial charge in [-0.3, -0.25) is 14.4 Å². The molecule has 3 aromatic carbocycles. The van der Waals surface area contributed by atoms with Crippen molar-refractivity contribution in [2.75, 3.05) is 19.0 Å². The summed E-state index contributed by atoms with van der Waals surface area (Å²) in [5.41, 5.74) is 5.12. The number of amides is 3. The first-order valence-corrected chi connectivity index (χ1v) is 12.6. The second kappa shape index (κ2) is 13.6. The van der Waals surface area contributed by atoms with E-state index in [1.807, 2.05) is 19.1 Å². The van der Waals surface area contributed by atoms with E-state index in [0.717, 1.165) is 20.1 Å². The van der Waals surface area contributed by atoms with E-state index >= 15 is 0 Å². The summed E-state index contributed by atoms with van der Waals surface area (Å²) in [6.07, 6.45) is 1.32. The number of carbonyl (C=O) groups excluding carboxylic acids is 3. The maximum atomic E-state index is 12.3. The van der Waals surface area contributed by atoms with Crippen LogP contribution in [-0.4, -0.2) is 37.7 Å². The first kappa shape index (κ1) is 27.9. The molecule has 0 saturated carbocycles. The third kappa shape index (κ3) is 8.72. The van der Waals surface area contributed by atoms with Gasteiger partial charge in [-0.2, -0.15) is 5.10 Å². The van der Waals surface area contributed by atoms with Crippen LogP contribution in [0.3, 0.4) is 0 Å². The number of aryl methyl sites for hydroxylation is 1. The smallest absolute Gasteiger partial charge is 0.329 e. The van der Waals surface area contributed by atoms with Crippen LogP contribution in [0.15, 0.2) is 74.7 Å². The Morgan fingerprint density at radius 1 is 0.973 bits per heavy atom. The van der Waals surface area contributed by atoms with Crippen molar-refractivity contribution in [1.82, 2.24) is 10.7 Å². The summed E-state index contributed by atoms with van der Waals surface area (Å²) in [4.78, 5) is 36.5. The fourth-order valence-electron chi connectivity index (χ4n) is 3.03. The van der Waals surface area contributed by atoms with E-state index < -0.39 is 11.8 Å². The Morgan fingerprint density at radius 3 is 2.43 bits per heavy atom. The Bertz CT molecular complexity index is 1310. The van der Waals surface area contributed by atoms with E-state index in [9.17, 15) is 14.4 Å². The third-order valence-electron chi connectivity index (χ3n) is 4.96. The molecule has 0 unspecified atom stereocenters. The maximum Gasteiger partial charge on any atom is 0.329 e. The van der Waals surface area contributed by atoms with Gasteiger partial charge in [0.25, 0.3) is 5.91 Å². The predicted octanol–water partition coefficient (Wildman–Crippen LogP) is 4.31. The van der Waals surface area contributed by atoms with Crippen LogP contribution >= 0.6 is 31.9 Å². The van der Waals surface area contributed by atoms with E-state index in [2.05, 4.69) is 53.0 Å². The largest absolute Gasteiger partial charge is 0.497 e. The van der Waals surface area contributed by atoms with Crippen molar-refractivity contribution in [3.05, 3.63) is 86.3 Å². The summed E-state index contributed by atoms with van der Waals surface area (Å²) < 4.78 is 12.4. The number of hydrazone groups is 1. The van der Waals surface area contributed by atoms with Gasteiger partial charge in [0.2, 0.25) is 0 Å². The van der Waals surface area contributed by atoms with E-state index in [-0.39, 0.29) is 19.1 Å². The lowest BCUT2D eigenvalue weighted by Gasteiger charge is -2.11. The Labute approximate surface area is 230 Å². The molecule has 37 heavy (non-hydrogen) atoms. The molecule has 0 aromatic heterocycles. The molecule has 0 spiro atoms. The number of halogens is 2. The van der Waals surface area contributed by atoms with Gasteiger partial charge in [-0.15, -0.1) is 0 Å². The van der Waals surface area contributed by atoms with Crippen molar-refractivity contribution in [2.24, 2.45) is 5.10 Å². The first-order chi connectivity index (χ1) is 17.7. The molecule has 0 aliphatic rings. The number of methoxy groups -OCH3 is 1. The van der Waals surface area contributed by atoms with Crippen LogP contribution in [0.4, 0.5) is 5.69 Å². The van der Waals surface area contributed by atoms with Gasteiger partial charge in [0.1, 0.15) is 11.5 Å². The van der Waals surface area contributed by atoms with Gasteiger partial charge in [-0.1, -0.05) is 44.0 Å². The van der Waals surface area contributed by atoms with Gasteiger partial charge >= 0.3 is 11.8 Å². The molecule has 0 aliphatic carbocycles. The number of nitrogens with one attached hydrogen (secondary N) is 3. The molecule has 3 aromatic rings. The van der Waals surface area contributed by atoms with E-state index in [1.165, 1.54) is 6.21 Å². The normalized spacial score (nSPS) is 10.6. The predicted molar refractivity (Wildman–Crippen MR) is 148 cm³/mol. The van der Waals surface area contributed by atoms with Gasteiger partial charge in [-0.05, 0) is 66.6 Å². The number of anilines is 1. The number of hydrogen-bond donors (Lipinski definition) is 3. The minimum atomic E-state index is -0.925. The lowest BCUT2D eigenvalue weighted by molar-refractivity contribution is -0.139. The Balaban J connectivity index is 1.52. The molecular formula is C26H24Br2N4O5. The van der Waals surface area contributed by atoms with Crippen LogP contribution in [-0.2, 0) is 20.9 Å². The highest BCUT2D eigenvalue weighted by Crippen LogP contribution is 2.23. The Morgan fingerprint density at radius 2 is 1.73 bits per heavy atom. The van der Waals surface area contributed by atoms with Gasteiger partial charge in [0.05, 0.1) is 13.3 Å². The summed E-state index contributed by atoms with van der Waals surface area (Å²) >= 11 is 6.79. The molecular weight excluding hydrogens is 608 g/mol. The lowest BCUT2D eigenvalue weighted by atomic mass is 10.2. The minimum Gasteiger partial charge on any atom is -0.497 e. The molecule has 3 amide bonds. The first-order valence-electron chi connectivity index (χ1n) is 11.0. The van der Waals surface area contributed by atoms with Crippen LogP contribution in [0.25, 0.3) is 0 Å². The van der Waals surface area contributed by atoms with Crippen molar-refractivity contribution in [2.45, 2.75) is 13.5 Å². The second-order valence-electron chi connectivity index (χ2n) is 7.71. The molecule has 3 rings (SSSR count). The summed E-state index contributed by atoms with van der Waals surface area (Å²) in [6.45, 7) is 1.86. The lowest BCUT2D eigenvalue weighted by Crippen LogP contribution is -2.37. The van der Waals surface area contributed by atoms with Crippen molar-refractivity contribution < 1.29 is 23.9 Å². The number of nitrogens with zero attached hydrogens (tertiary/aromatic N) is 1. The van der Waals surface area contributed by atoms with Crippen molar-refractivity contribution in [1.29, 1.82) is 0 Å². The molecule has 0 bridgehead atoms. The van der Waals surface area contributed by atoms with Crippen LogP contribution in [0.5, 0.6) is 11.5 Å². The van der Waals surface area contributed by atoms with E-state index in [4.69, 9.17) is 9.47 Å². The summed E-state index contributed by atoms with van der Waals surface area (Å²) in [7, 11) is 1.56. The van der Waals surface area contributed by atoms with E-state index in [0.29, 0.717) is 22.7 Å². The average Bonchev–Trinajstić information content (AvgIpc) is 2.89. The third-order valence-corrected chi connectivity index (χ3v) is 6.34. The molecule has 11 heteroatoms. The van der Waals surface area contributed by atoms with Crippen molar-refractivity contribution in [3.8, 4) is 11.5 Å². The molecule has 3 N–H and O–H groups in total. The maximum absolute atomic E-state index is 12.3. The standard InChI is InChI=1S/C26H24Br2N4O5/c1-16-11-20(6-9-22(16)28)31-24(33)15-37-23-10-5-19(27)12-18(23)14-30-32-26(35)25(34)29-13-17-3-7-21(36-2)8-4-17/h3-12,14H,13,15H2,1-2H3,(H,29,34)(H,31,33)(H,32,35)/b30-14-. The molecule has 0 radical (unpaired) electrons.